The lowest BCUT2D eigenvalue weighted by molar-refractivity contribution is 0.0486. The van der Waals surface area contributed by atoms with Gasteiger partial charge < -0.3 is 15.2 Å². The Kier molecular flexibility index (Phi) is 5.36. The third-order valence-electron chi connectivity index (χ3n) is 2.47. The second-order valence-electron chi connectivity index (χ2n) is 5.69. The SMILES string of the molecule is C[C@@H](O)C[C@@H](NC(=O)OC(C)(C)C)c1ccccc1. The van der Waals surface area contributed by atoms with E-state index in [4.69, 9.17) is 4.74 Å². The van der Waals surface area contributed by atoms with Crippen LogP contribution < -0.4 is 5.32 Å². The monoisotopic (exact) mass is 265 g/mol. The van der Waals surface area contributed by atoms with Crippen LogP contribution in [-0.2, 0) is 4.74 Å². The Morgan fingerprint density at radius 1 is 1.32 bits per heavy atom. The van der Waals surface area contributed by atoms with E-state index in [1.807, 2.05) is 51.1 Å². The number of amides is 1. The highest BCUT2D eigenvalue weighted by atomic mass is 16.6. The predicted molar refractivity (Wildman–Crippen MR) is 74.9 cm³/mol. The molecule has 0 fully saturated rings. The lowest BCUT2D eigenvalue weighted by atomic mass is 10.0. The molecule has 0 heterocycles. The van der Waals surface area contributed by atoms with Crippen LogP contribution in [0, 0.1) is 0 Å². The van der Waals surface area contributed by atoms with Crippen molar-refractivity contribution in [2.45, 2.75) is 51.9 Å². The molecular formula is C15H23NO3. The normalized spacial score (nSPS) is 14.6. The van der Waals surface area contributed by atoms with Crippen LogP contribution in [0.15, 0.2) is 30.3 Å². The molecule has 0 aliphatic carbocycles. The molecule has 0 aromatic heterocycles. The van der Waals surface area contributed by atoms with E-state index in [-0.39, 0.29) is 6.04 Å². The second kappa shape index (κ2) is 6.57. The molecule has 1 aromatic carbocycles. The Morgan fingerprint density at radius 3 is 2.37 bits per heavy atom. The first-order chi connectivity index (χ1) is 8.78. The number of hydrogen-bond donors (Lipinski definition) is 2. The average Bonchev–Trinajstić information content (AvgIpc) is 2.26. The van der Waals surface area contributed by atoms with Gasteiger partial charge in [-0.3, -0.25) is 0 Å². The summed E-state index contributed by atoms with van der Waals surface area (Å²) < 4.78 is 5.24. The van der Waals surface area contributed by atoms with Gasteiger partial charge in [-0.2, -0.15) is 0 Å². The Balaban J connectivity index is 2.73. The molecule has 0 aliphatic heterocycles. The van der Waals surface area contributed by atoms with Crippen molar-refractivity contribution in [3.05, 3.63) is 35.9 Å². The van der Waals surface area contributed by atoms with Crippen LogP contribution in [0.2, 0.25) is 0 Å². The zero-order chi connectivity index (χ0) is 14.5. The van der Waals surface area contributed by atoms with Crippen molar-refractivity contribution in [1.29, 1.82) is 0 Å². The Hall–Kier alpha value is -1.55. The number of hydrogen-bond acceptors (Lipinski definition) is 3. The molecule has 4 heteroatoms. The van der Waals surface area contributed by atoms with Crippen molar-refractivity contribution >= 4 is 6.09 Å². The number of aliphatic hydroxyl groups excluding tert-OH is 1. The second-order valence-corrected chi connectivity index (χ2v) is 5.69. The number of benzene rings is 1. The van der Waals surface area contributed by atoms with Crippen molar-refractivity contribution in [3.63, 3.8) is 0 Å². The third-order valence-corrected chi connectivity index (χ3v) is 2.47. The van der Waals surface area contributed by atoms with Crippen LogP contribution in [0.25, 0.3) is 0 Å². The highest BCUT2D eigenvalue weighted by Crippen LogP contribution is 2.19. The molecule has 0 unspecified atom stereocenters. The molecule has 0 radical (unpaired) electrons. The number of aliphatic hydroxyl groups is 1. The van der Waals surface area contributed by atoms with Crippen molar-refractivity contribution in [2.75, 3.05) is 0 Å². The fraction of sp³-hybridized carbons (Fsp3) is 0.533. The standard InChI is InChI=1S/C15H23NO3/c1-11(17)10-13(12-8-6-5-7-9-12)16-14(18)19-15(2,3)4/h5-9,11,13,17H,10H2,1-4H3,(H,16,18)/t11-,13-/m1/s1. The summed E-state index contributed by atoms with van der Waals surface area (Å²) in [6, 6.07) is 9.31. The molecule has 0 saturated heterocycles. The quantitative estimate of drug-likeness (QED) is 0.879. The van der Waals surface area contributed by atoms with Crippen LogP contribution in [0.3, 0.4) is 0 Å². The molecule has 106 valence electrons. The minimum absolute atomic E-state index is 0.254. The Labute approximate surface area is 114 Å². The van der Waals surface area contributed by atoms with E-state index in [1.54, 1.807) is 6.92 Å². The van der Waals surface area contributed by atoms with Gasteiger partial charge in [0.25, 0.3) is 0 Å². The van der Waals surface area contributed by atoms with Gasteiger partial charge in [0.15, 0.2) is 0 Å². The topological polar surface area (TPSA) is 58.6 Å². The third kappa shape index (κ3) is 6.25. The number of alkyl carbamates (subject to hydrolysis) is 1. The molecule has 0 aliphatic rings. The van der Waals surface area contributed by atoms with Gasteiger partial charge in [-0.15, -0.1) is 0 Å². The minimum Gasteiger partial charge on any atom is -0.444 e. The van der Waals surface area contributed by atoms with Gasteiger partial charge in [0.2, 0.25) is 0 Å². The molecule has 1 aromatic rings. The fourth-order valence-corrected chi connectivity index (χ4v) is 1.75. The van der Waals surface area contributed by atoms with E-state index in [0.29, 0.717) is 6.42 Å². The predicted octanol–water partition coefficient (Wildman–Crippen LogP) is 3.02. The fourth-order valence-electron chi connectivity index (χ4n) is 1.75. The van der Waals surface area contributed by atoms with Crippen LogP contribution in [0.5, 0.6) is 0 Å². The van der Waals surface area contributed by atoms with Crippen LogP contribution in [0.4, 0.5) is 4.79 Å². The maximum atomic E-state index is 11.8. The van der Waals surface area contributed by atoms with Crippen molar-refractivity contribution in [3.8, 4) is 0 Å². The number of nitrogens with one attached hydrogen (secondary N) is 1. The van der Waals surface area contributed by atoms with Gasteiger partial charge in [-0.25, -0.2) is 4.79 Å². The first-order valence-corrected chi connectivity index (χ1v) is 6.50. The van der Waals surface area contributed by atoms with Gasteiger partial charge in [0.1, 0.15) is 5.60 Å². The van der Waals surface area contributed by atoms with Crippen LogP contribution in [-0.4, -0.2) is 22.9 Å². The summed E-state index contributed by atoms with van der Waals surface area (Å²) in [6.45, 7) is 7.16. The summed E-state index contributed by atoms with van der Waals surface area (Å²) in [5.74, 6) is 0. The Morgan fingerprint density at radius 2 is 1.89 bits per heavy atom. The van der Waals surface area contributed by atoms with E-state index in [1.165, 1.54) is 0 Å². The lowest BCUT2D eigenvalue weighted by Crippen LogP contribution is -2.36. The highest BCUT2D eigenvalue weighted by Gasteiger charge is 2.21. The van der Waals surface area contributed by atoms with E-state index >= 15 is 0 Å². The van der Waals surface area contributed by atoms with E-state index < -0.39 is 17.8 Å². The molecule has 0 saturated carbocycles. The Bertz CT molecular complexity index is 396. The molecule has 4 nitrogen and oxygen atoms in total. The maximum absolute atomic E-state index is 11.8. The zero-order valence-corrected chi connectivity index (χ0v) is 12.0. The molecule has 0 bridgehead atoms. The molecule has 1 rings (SSSR count). The molecule has 0 spiro atoms. The van der Waals surface area contributed by atoms with Crippen LogP contribution >= 0.6 is 0 Å². The number of carbonyl (C=O) groups is 1. The van der Waals surface area contributed by atoms with E-state index in [0.717, 1.165) is 5.56 Å². The average molecular weight is 265 g/mol. The molecule has 1 amide bonds. The first-order valence-electron chi connectivity index (χ1n) is 6.50. The molecule has 2 atom stereocenters. The highest BCUT2D eigenvalue weighted by molar-refractivity contribution is 5.68. The van der Waals surface area contributed by atoms with Gasteiger partial charge in [0, 0.05) is 0 Å². The molecular weight excluding hydrogens is 242 g/mol. The van der Waals surface area contributed by atoms with Crippen molar-refractivity contribution in [1.82, 2.24) is 5.32 Å². The molecule has 2 N–H and O–H groups in total. The van der Waals surface area contributed by atoms with Gasteiger partial charge in [-0.05, 0) is 39.7 Å². The summed E-state index contributed by atoms with van der Waals surface area (Å²) in [5.41, 5.74) is 0.421. The van der Waals surface area contributed by atoms with E-state index in [2.05, 4.69) is 5.32 Å². The minimum atomic E-state index is -0.532. The van der Waals surface area contributed by atoms with Gasteiger partial charge >= 0.3 is 6.09 Å². The van der Waals surface area contributed by atoms with Crippen molar-refractivity contribution < 1.29 is 14.6 Å². The van der Waals surface area contributed by atoms with Gasteiger partial charge in [-0.1, -0.05) is 30.3 Å². The summed E-state index contributed by atoms with van der Waals surface area (Å²) >= 11 is 0. The maximum Gasteiger partial charge on any atom is 0.408 e. The first kappa shape index (κ1) is 15.5. The van der Waals surface area contributed by atoms with Gasteiger partial charge in [0.05, 0.1) is 12.1 Å². The van der Waals surface area contributed by atoms with E-state index in [9.17, 15) is 9.90 Å². The summed E-state index contributed by atoms with van der Waals surface area (Å²) in [5, 5.41) is 12.3. The zero-order valence-electron chi connectivity index (χ0n) is 12.0. The molecule has 19 heavy (non-hydrogen) atoms. The summed E-state index contributed by atoms with van der Waals surface area (Å²) in [7, 11) is 0. The largest absolute Gasteiger partial charge is 0.444 e. The number of ether oxygens (including phenoxy) is 1. The summed E-state index contributed by atoms with van der Waals surface area (Å²) in [4.78, 5) is 11.8. The van der Waals surface area contributed by atoms with Crippen LogP contribution in [0.1, 0.15) is 45.7 Å². The smallest absolute Gasteiger partial charge is 0.408 e. The van der Waals surface area contributed by atoms with Crippen molar-refractivity contribution in [2.24, 2.45) is 0 Å². The summed E-state index contributed by atoms with van der Waals surface area (Å²) in [6.07, 6.45) is -0.523. The number of carbonyl (C=O) groups excluding carboxylic acids is 1. The number of rotatable bonds is 4. The lowest BCUT2D eigenvalue weighted by Gasteiger charge is -2.24.